The molecule has 0 radical (unpaired) electrons. The summed E-state index contributed by atoms with van der Waals surface area (Å²) in [6, 6.07) is 6.42. The van der Waals surface area contributed by atoms with Crippen molar-refractivity contribution in [1.29, 1.82) is 0 Å². The molecule has 0 aliphatic carbocycles. The fraction of sp³-hybridized carbons (Fsp3) is 0.391. The molecule has 0 saturated carbocycles. The zero-order valence-electron chi connectivity index (χ0n) is 16.7. The highest BCUT2D eigenvalue weighted by Crippen LogP contribution is 2.47. The SMILES string of the molecule is O=C(C1C=CCN1)N1CCC2(CC1)OCCc1cc(-c3cnc4[nH]ccc4c3)sc12. The summed E-state index contributed by atoms with van der Waals surface area (Å²) < 4.78 is 6.42. The molecule has 3 aliphatic heterocycles. The van der Waals surface area contributed by atoms with Gasteiger partial charge in [0.05, 0.1) is 6.61 Å². The maximum Gasteiger partial charge on any atom is 0.243 e. The zero-order chi connectivity index (χ0) is 20.1. The highest BCUT2D eigenvalue weighted by Gasteiger charge is 2.43. The average Bonchev–Trinajstić information content (AvgIpc) is 3.54. The molecule has 6 rings (SSSR count). The van der Waals surface area contributed by atoms with E-state index in [9.17, 15) is 4.79 Å². The smallest absolute Gasteiger partial charge is 0.243 e. The highest BCUT2D eigenvalue weighted by molar-refractivity contribution is 7.15. The molecule has 30 heavy (non-hydrogen) atoms. The van der Waals surface area contributed by atoms with Gasteiger partial charge in [-0.2, -0.15) is 0 Å². The quantitative estimate of drug-likeness (QED) is 0.625. The molecule has 0 bridgehead atoms. The summed E-state index contributed by atoms with van der Waals surface area (Å²) in [5, 5.41) is 4.36. The van der Waals surface area contributed by atoms with E-state index < -0.39 is 0 Å². The molecule has 3 aromatic rings. The standard InChI is InChI=1S/C23H24N4O2S/c28-22(18-2-1-7-24-18)27-9-5-23(6-10-27)20-15(4-11-29-23)13-19(30-20)17-12-16-3-8-25-21(16)26-14-17/h1-3,8,12-14,18,24H,4-7,9-11H2,(H,25,26). The van der Waals surface area contributed by atoms with Gasteiger partial charge in [0.25, 0.3) is 0 Å². The van der Waals surface area contributed by atoms with Crippen LogP contribution in [0.4, 0.5) is 0 Å². The summed E-state index contributed by atoms with van der Waals surface area (Å²) in [5.41, 5.74) is 3.22. The molecule has 1 atom stereocenters. The lowest BCUT2D eigenvalue weighted by molar-refractivity contribution is -0.141. The number of aromatic nitrogens is 2. The second-order valence-electron chi connectivity index (χ2n) is 8.34. The molecule has 3 aliphatic rings. The van der Waals surface area contributed by atoms with E-state index in [1.54, 1.807) is 0 Å². The Kier molecular flexibility index (Phi) is 4.30. The van der Waals surface area contributed by atoms with Gasteiger partial charge in [0, 0.05) is 52.7 Å². The lowest BCUT2D eigenvalue weighted by Crippen LogP contribution is -2.51. The van der Waals surface area contributed by atoms with E-state index in [4.69, 9.17) is 4.74 Å². The first-order valence-corrected chi connectivity index (χ1v) is 11.4. The van der Waals surface area contributed by atoms with Crippen molar-refractivity contribution in [2.45, 2.75) is 30.9 Å². The Balaban J connectivity index is 1.27. The van der Waals surface area contributed by atoms with Gasteiger partial charge in [-0.15, -0.1) is 11.3 Å². The molecule has 0 aromatic carbocycles. The van der Waals surface area contributed by atoms with E-state index in [1.165, 1.54) is 15.3 Å². The highest BCUT2D eigenvalue weighted by atomic mass is 32.1. The molecule has 3 aromatic heterocycles. The van der Waals surface area contributed by atoms with Gasteiger partial charge in [0.1, 0.15) is 17.3 Å². The summed E-state index contributed by atoms with van der Waals surface area (Å²) in [5.74, 6) is 0.187. The first-order valence-electron chi connectivity index (χ1n) is 10.6. The third kappa shape index (κ3) is 2.92. The minimum absolute atomic E-state index is 0.161. The number of amides is 1. The fourth-order valence-corrected chi connectivity index (χ4v) is 6.32. The summed E-state index contributed by atoms with van der Waals surface area (Å²) in [6.45, 7) is 3.02. The number of likely N-dealkylation sites (tertiary alicyclic amines) is 1. The molecule has 6 heterocycles. The molecule has 1 amide bonds. The Morgan fingerprint density at radius 1 is 1.30 bits per heavy atom. The number of carbonyl (C=O) groups is 1. The van der Waals surface area contributed by atoms with Crippen molar-refractivity contribution in [3.8, 4) is 10.4 Å². The number of fused-ring (bicyclic) bond motifs is 3. The van der Waals surface area contributed by atoms with Gasteiger partial charge in [-0.1, -0.05) is 12.2 Å². The van der Waals surface area contributed by atoms with E-state index >= 15 is 0 Å². The molecule has 7 heteroatoms. The van der Waals surface area contributed by atoms with Crippen LogP contribution in [-0.4, -0.2) is 53.1 Å². The predicted molar refractivity (Wildman–Crippen MR) is 117 cm³/mol. The van der Waals surface area contributed by atoms with Gasteiger partial charge in [0.2, 0.25) is 5.91 Å². The number of pyridine rings is 1. The van der Waals surface area contributed by atoms with Gasteiger partial charge in [-0.05, 0) is 43.0 Å². The lowest BCUT2D eigenvalue weighted by atomic mass is 9.85. The Morgan fingerprint density at radius 2 is 2.20 bits per heavy atom. The number of ether oxygens (including phenoxy) is 1. The normalized spacial score (nSPS) is 22.7. The van der Waals surface area contributed by atoms with Gasteiger partial charge >= 0.3 is 0 Å². The average molecular weight is 421 g/mol. The number of carbonyl (C=O) groups excluding carboxylic acids is 1. The van der Waals surface area contributed by atoms with Crippen LogP contribution in [0.15, 0.2) is 42.7 Å². The van der Waals surface area contributed by atoms with E-state index in [0.717, 1.165) is 62.1 Å². The number of hydrogen-bond acceptors (Lipinski definition) is 5. The van der Waals surface area contributed by atoms with Crippen LogP contribution in [0.1, 0.15) is 23.3 Å². The van der Waals surface area contributed by atoms with Gasteiger partial charge < -0.3 is 14.6 Å². The third-order valence-electron chi connectivity index (χ3n) is 6.59. The molecule has 6 nitrogen and oxygen atoms in total. The number of H-pyrrole nitrogens is 1. The monoisotopic (exact) mass is 420 g/mol. The van der Waals surface area contributed by atoms with Crippen molar-refractivity contribution in [2.75, 3.05) is 26.2 Å². The number of aromatic amines is 1. The Bertz CT molecular complexity index is 1140. The number of nitrogens with zero attached hydrogens (tertiary/aromatic N) is 2. The minimum atomic E-state index is -0.252. The maximum atomic E-state index is 12.8. The third-order valence-corrected chi connectivity index (χ3v) is 8.00. The first kappa shape index (κ1) is 18.3. The summed E-state index contributed by atoms with van der Waals surface area (Å²) in [4.78, 5) is 25.1. The Hall–Kier alpha value is -2.48. The second-order valence-corrected chi connectivity index (χ2v) is 9.39. The van der Waals surface area contributed by atoms with Crippen molar-refractivity contribution in [2.24, 2.45) is 0 Å². The lowest BCUT2D eigenvalue weighted by Gasteiger charge is -2.44. The molecule has 1 unspecified atom stereocenters. The van der Waals surface area contributed by atoms with Crippen LogP contribution in [0.5, 0.6) is 0 Å². The van der Waals surface area contributed by atoms with Crippen LogP contribution >= 0.6 is 11.3 Å². The van der Waals surface area contributed by atoms with Crippen molar-refractivity contribution in [3.63, 3.8) is 0 Å². The fourth-order valence-electron chi connectivity index (χ4n) is 4.93. The number of nitrogens with one attached hydrogen (secondary N) is 2. The Morgan fingerprint density at radius 3 is 3.03 bits per heavy atom. The molecule has 2 N–H and O–H groups in total. The van der Waals surface area contributed by atoms with Crippen molar-refractivity contribution in [3.05, 3.63) is 53.2 Å². The topological polar surface area (TPSA) is 70.2 Å². The maximum absolute atomic E-state index is 12.8. The first-order chi connectivity index (χ1) is 14.7. The van der Waals surface area contributed by atoms with Crippen molar-refractivity contribution in [1.82, 2.24) is 20.2 Å². The summed E-state index contributed by atoms with van der Waals surface area (Å²) >= 11 is 1.84. The van der Waals surface area contributed by atoms with E-state index in [-0.39, 0.29) is 17.6 Å². The van der Waals surface area contributed by atoms with E-state index in [0.29, 0.717) is 0 Å². The summed E-state index contributed by atoms with van der Waals surface area (Å²) in [7, 11) is 0. The Labute approximate surface area is 178 Å². The van der Waals surface area contributed by atoms with Gasteiger partial charge in [0.15, 0.2) is 0 Å². The number of piperidine rings is 1. The second kappa shape index (κ2) is 7.04. The molecular weight excluding hydrogens is 396 g/mol. The van der Waals surface area contributed by atoms with Crippen LogP contribution in [0.3, 0.4) is 0 Å². The zero-order valence-corrected chi connectivity index (χ0v) is 17.5. The van der Waals surface area contributed by atoms with E-state index in [2.05, 4.69) is 33.5 Å². The van der Waals surface area contributed by atoms with Gasteiger partial charge in [-0.25, -0.2) is 4.98 Å². The predicted octanol–water partition coefficient (Wildman–Crippen LogP) is 3.21. The molecule has 1 saturated heterocycles. The molecule has 1 spiro atoms. The van der Waals surface area contributed by atoms with Crippen LogP contribution < -0.4 is 5.32 Å². The number of rotatable bonds is 2. The van der Waals surface area contributed by atoms with E-state index in [1.807, 2.05) is 40.8 Å². The van der Waals surface area contributed by atoms with Crippen LogP contribution in [0.25, 0.3) is 21.5 Å². The van der Waals surface area contributed by atoms with Crippen molar-refractivity contribution < 1.29 is 9.53 Å². The number of thiophene rings is 1. The summed E-state index contributed by atoms with van der Waals surface area (Å²) in [6.07, 6.45) is 10.5. The largest absolute Gasteiger partial charge is 0.369 e. The van der Waals surface area contributed by atoms with Crippen LogP contribution in [0.2, 0.25) is 0 Å². The van der Waals surface area contributed by atoms with Gasteiger partial charge in [-0.3, -0.25) is 10.1 Å². The molecule has 1 fully saturated rings. The van der Waals surface area contributed by atoms with Crippen LogP contribution in [0, 0.1) is 0 Å². The van der Waals surface area contributed by atoms with Crippen molar-refractivity contribution >= 4 is 28.3 Å². The van der Waals surface area contributed by atoms with Crippen LogP contribution in [-0.2, 0) is 21.6 Å². The molecular formula is C23H24N4O2S. The minimum Gasteiger partial charge on any atom is -0.369 e. The number of hydrogen-bond donors (Lipinski definition) is 2. The molecule has 154 valence electrons.